The molecule has 2 aromatic rings. The second kappa shape index (κ2) is 9.26. The topological polar surface area (TPSA) is 100 Å². The van der Waals surface area contributed by atoms with Gasteiger partial charge < -0.3 is 15.0 Å². The van der Waals surface area contributed by atoms with Gasteiger partial charge in [0.1, 0.15) is 10.7 Å². The van der Waals surface area contributed by atoms with Gasteiger partial charge in [0.15, 0.2) is 11.5 Å². The van der Waals surface area contributed by atoms with E-state index in [0.717, 1.165) is 27.7 Å². The highest BCUT2D eigenvalue weighted by Gasteiger charge is 2.43. The van der Waals surface area contributed by atoms with Crippen LogP contribution in [-0.2, 0) is 10.0 Å². The van der Waals surface area contributed by atoms with Crippen molar-refractivity contribution in [1.82, 2.24) is 9.21 Å². The van der Waals surface area contributed by atoms with Crippen molar-refractivity contribution in [3.63, 3.8) is 0 Å². The number of fused-ring (bicyclic) bond motifs is 1. The number of nitrogens with one attached hydrogen (secondary N) is 1. The Kier molecular flexibility index (Phi) is 6.81. The fraction of sp³-hybridized carbons (Fsp3) is 0.409. The molecule has 1 atom stereocenters. The Labute approximate surface area is 210 Å². The Balaban J connectivity index is 1.56. The van der Waals surface area contributed by atoms with Crippen LogP contribution in [0.4, 0.5) is 18.9 Å². The maximum atomic E-state index is 13.3. The van der Waals surface area contributed by atoms with E-state index in [-0.39, 0.29) is 23.5 Å². The number of halogens is 4. The predicted molar refractivity (Wildman–Crippen MR) is 130 cm³/mol. The van der Waals surface area contributed by atoms with Crippen molar-refractivity contribution >= 4 is 37.5 Å². The first-order valence-corrected chi connectivity index (χ1v) is 13.0. The minimum Gasteiger partial charge on any atom is -0.404 e. The largest absolute Gasteiger partial charge is 0.573 e. The molecule has 0 spiro atoms. The van der Waals surface area contributed by atoms with Crippen LogP contribution < -0.4 is 15.8 Å². The Hall–Kier alpha value is -2.35. The number of nitrogens with two attached hydrogens (primary N) is 1. The molecule has 0 radical (unpaired) electrons. The first-order chi connectivity index (χ1) is 16.3. The molecule has 190 valence electrons. The van der Waals surface area contributed by atoms with Gasteiger partial charge in [-0.15, -0.1) is 13.2 Å². The molecule has 3 N–H and O–H groups in total. The number of piperidine rings is 1. The minimum absolute atomic E-state index is 0.0730. The van der Waals surface area contributed by atoms with Gasteiger partial charge in [0, 0.05) is 48.8 Å². The van der Waals surface area contributed by atoms with Gasteiger partial charge in [0.05, 0.1) is 0 Å². The molecule has 1 unspecified atom stereocenters. The molecular weight excluding hydrogens is 551 g/mol. The third-order valence-corrected chi connectivity index (χ3v) is 8.47. The van der Waals surface area contributed by atoms with Crippen molar-refractivity contribution < 1.29 is 26.3 Å². The maximum absolute atomic E-state index is 13.3. The molecule has 13 heteroatoms. The van der Waals surface area contributed by atoms with E-state index in [0.29, 0.717) is 18.7 Å². The Morgan fingerprint density at radius 1 is 1.20 bits per heavy atom. The summed E-state index contributed by atoms with van der Waals surface area (Å²) in [6, 6.07) is 11.1. The summed E-state index contributed by atoms with van der Waals surface area (Å²) < 4.78 is 70.6. The molecule has 1 fully saturated rings. The number of aliphatic imine (C=N–C) groups is 1. The maximum Gasteiger partial charge on any atom is 0.573 e. The second-order valence-corrected chi connectivity index (χ2v) is 11.5. The van der Waals surface area contributed by atoms with Crippen molar-refractivity contribution in [2.24, 2.45) is 16.6 Å². The van der Waals surface area contributed by atoms with Gasteiger partial charge in [-0.2, -0.15) is 4.31 Å². The number of alkyl halides is 3. The molecule has 2 heterocycles. The highest BCUT2D eigenvalue weighted by molar-refractivity contribution is 9.10. The molecule has 35 heavy (non-hydrogen) atoms. The van der Waals surface area contributed by atoms with Crippen molar-refractivity contribution in [2.45, 2.75) is 29.9 Å². The average Bonchev–Trinajstić information content (AvgIpc) is 2.77. The number of hydrogen-bond acceptors (Lipinski definition) is 7. The molecule has 2 aliphatic heterocycles. The van der Waals surface area contributed by atoms with Crippen molar-refractivity contribution in [2.75, 3.05) is 32.5 Å². The Morgan fingerprint density at radius 2 is 1.86 bits per heavy atom. The lowest BCUT2D eigenvalue weighted by atomic mass is 9.89. The normalized spacial score (nSPS) is 21.6. The fourth-order valence-corrected chi connectivity index (χ4v) is 6.28. The molecule has 2 aromatic carbocycles. The molecule has 8 nitrogen and oxygen atoms in total. The highest BCUT2D eigenvalue weighted by atomic mass is 79.9. The van der Waals surface area contributed by atoms with Crippen LogP contribution in [0.1, 0.15) is 18.4 Å². The molecule has 0 aromatic heterocycles. The van der Waals surface area contributed by atoms with Crippen molar-refractivity contribution in [1.29, 1.82) is 0 Å². The number of amidine groups is 1. The van der Waals surface area contributed by atoms with Gasteiger partial charge in [-0.1, -0.05) is 28.1 Å². The van der Waals surface area contributed by atoms with E-state index < -0.39 is 32.8 Å². The van der Waals surface area contributed by atoms with Gasteiger partial charge in [-0.3, -0.25) is 5.73 Å². The van der Waals surface area contributed by atoms with Crippen LogP contribution >= 0.6 is 15.9 Å². The predicted octanol–water partition coefficient (Wildman–Crippen LogP) is 3.79. The number of sulfonamides is 1. The van der Waals surface area contributed by atoms with E-state index in [9.17, 15) is 21.6 Å². The van der Waals surface area contributed by atoms with Gasteiger partial charge in [-0.25, -0.2) is 13.4 Å². The second-order valence-electron chi connectivity index (χ2n) is 8.64. The summed E-state index contributed by atoms with van der Waals surface area (Å²) in [6.07, 6.45) is -4.31. The fourth-order valence-electron chi connectivity index (χ4n) is 4.38. The Morgan fingerprint density at radius 3 is 2.49 bits per heavy atom. The first-order valence-electron chi connectivity index (χ1n) is 10.8. The quantitative estimate of drug-likeness (QED) is 0.575. The van der Waals surface area contributed by atoms with Crippen LogP contribution in [0.2, 0.25) is 0 Å². The number of nitrogens with zero attached hydrogens (tertiary/aromatic N) is 3. The minimum atomic E-state index is -5.03. The summed E-state index contributed by atoms with van der Waals surface area (Å²) in [5.41, 5.74) is 8.44. The summed E-state index contributed by atoms with van der Waals surface area (Å²) in [6.45, 7) is 0.146. The van der Waals surface area contributed by atoms with Gasteiger partial charge in [-0.05, 0) is 43.2 Å². The van der Waals surface area contributed by atoms with E-state index >= 15 is 0 Å². The van der Waals surface area contributed by atoms with Crippen LogP contribution in [0.5, 0.6) is 5.75 Å². The lowest BCUT2D eigenvalue weighted by Crippen LogP contribution is -2.58. The number of hydrogen-bond donors (Lipinski definition) is 2. The summed E-state index contributed by atoms with van der Waals surface area (Å²) in [4.78, 5) is 6.11. The third kappa shape index (κ3) is 5.27. The lowest BCUT2D eigenvalue weighted by Gasteiger charge is -2.43. The lowest BCUT2D eigenvalue weighted by molar-refractivity contribution is -0.275. The number of rotatable bonds is 4. The van der Waals surface area contributed by atoms with E-state index in [1.807, 2.05) is 43.3 Å². The summed E-state index contributed by atoms with van der Waals surface area (Å²) in [5.74, 6) is -1.45. The van der Waals surface area contributed by atoms with Crippen LogP contribution in [0.3, 0.4) is 0 Å². The van der Waals surface area contributed by atoms with Gasteiger partial charge >= 0.3 is 6.36 Å². The smallest absolute Gasteiger partial charge is 0.404 e. The standard InChI is InChI=1S/C22H25BrF3N5O3S/c1-30(2)20-16-5-3-4-6-17(16)28-21(27,29-20)14-9-11-31(12-10-14)35(32,33)19-8-7-15(23)13-18(19)34-22(24,25)26/h3-8,13-14,28H,9-12,27H2,1-2H3. The van der Waals surface area contributed by atoms with Gasteiger partial charge in [0.2, 0.25) is 10.0 Å². The van der Waals surface area contributed by atoms with E-state index in [1.165, 1.54) is 6.07 Å². The van der Waals surface area contributed by atoms with Crippen molar-refractivity contribution in [3.8, 4) is 5.75 Å². The van der Waals surface area contributed by atoms with Crippen LogP contribution in [0.15, 0.2) is 56.8 Å². The highest BCUT2D eigenvalue weighted by Crippen LogP contribution is 2.38. The third-order valence-electron chi connectivity index (χ3n) is 6.04. The molecule has 0 saturated carbocycles. The zero-order chi connectivity index (χ0) is 25.6. The molecule has 0 aliphatic carbocycles. The Bertz CT molecular complexity index is 1250. The van der Waals surface area contributed by atoms with Crippen LogP contribution in [0, 0.1) is 5.92 Å². The van der Waals surface area contributed by atoms with Crippen molar-refractivity contribution in [3.05, 3.63) is 52.5 Å². The summed E-state index contributed by atoms with van der Waals surface area (Å²) >= 11 is 3.06. The number of ether oxygens (including phenoxy) is 1. The zero-order valence-corrected chi connectivity index (χ0v) is 21.4. The van der Waals surface area contributed by atoms with Crippen LogP contribution in [-0.4, -0.2) is 62.8 Å². The molecular formula is C22H25BrF3N5O3S. The molecule has 0 bridgehead atoms. The summed E-state index contributed by atoms with van der Waals surface area (Å²) in [7, 11) is -0.506. The molecule has 2 aliphatic rings. The number of anilines is 1. The monoisotopic (exact) mass is 575 g/mol. The van der Waals surface area contributed by atoms with Crippen LogP contribution in [0.25, 0.3) is 0 Å². The van der Waals surface area contributed by atoms with E-state index in [4.69, 9.17) is 10.7 Å². The number of para-hydroxylation sites is 1. The molecule has 1 saturated heterocycles. The first kappa shape index (κ1) is 25.7. The molecule has 0 amide bonds. The molecule has 4 rings (SSSR count). The zero-order valence-electron chi connectivity index (χ0n) is 19.0. The average molecular weight is 576 g/mol. The number of benzene rings is 2. The van der Waals surface area contributed by atoms with E-state index in [2.05, 4.69) is 26.0 Å². The van der Waals surface area contributed by atoms with E-state index in [1.54, 1.807) is 0 Å². The SMILES string of the molecule is CN(C)C1=NC(N)(C2CCN(S(=O)(=O)c3ccc(Br)cc3OC(F)(F)F)CC2)Nc2ccccc21. The summed E-state index contributed by atoms with van der Waals surface area (Å²) in [5, 5.41) is 3.30. The van der Waals surface area contributed by atoms with Gasteiger partial charge in [0.25, 0.3) is 0 Å².